The highest BCUT2D eigenvalue weighted by Crippen LogP contribution is 2.61. The van der Waals surface area contributed by atoms with Crippen molar-refractivity contribution >= 4 is 29.1 Å². The van der Waals surface area contributed by atoms with Gasteiger partial charge in [0.25, 0.3) is 0 Å². The molecule has 3 aliphatic carbocycles. The Balaban J connectivity index is 1.88. The van der Waals surface area contributed by atoms with Crippen molar-refractivity contribution in [3.8, 4) is 18.1 Å². The molecule has 0 saturated carbocycles. The van der Waals surface area contributed by atoms with Crippen molar-refractivity contribution in [1.29, 1.82) is 0 Å². The van der Waals surface area contributed by atoms with Gasteiger partial charge in [0, 0.05) is 16.9 Å². The van der Waals surface area contributed by atoms with Crippen LogP contribution in [0.4, 0.5) is 10.5 Å². The van der Waals surface area contributed by atoms with E-state index in [0.29, 0.717) is 5.56 Å². The van der Waals surface area contributed by atoms with E-state index >= 15 is 0 Å². The number of ether oxygens (including phenoxy) is 1. The number of Topliss-reactive ketones (excluding diaryl/α,β-unsaturated/α-hetero) is 3. The second kappa shape index (κ2) is 9.03. The highest BCUT2D eigenvalue weighted by atomic mass is 16.5. The first-order valence-electron chi connectivity index (χ1n) is 12.1. The zero-order valence-corrected chi connectivity index (χ0v) is 21.4. The molecule has 4 atom stereocenters. The third-order valence-corrected chi connectivity index (χ3v) is 8.04. The second-order valence-corrected chi connectivity index (χ2v) is 10.6. The highest BCUT2D eigenvalue weighted by Gasteiger charge is 2.69. The summed E-state index contributed by atoms with van der Waals surface area (Å²) in [5.74, 6) is -4.48. The number of hydrogen-bond acceptors (Lipinski definition) is 9. The summed E-state index contributed by atoms with van der Waals surface area (Å²) in [5.41, 5.74) is -4.92. The summed E-state index contributed by atoms with van der Waals surface area (Å²) in [5, 5.41) is 47.6. The SMILES string of the molecule is C#CCOC(=O)Nc1ccc2c(c1O)C(=O)C1=C(O)[C@@]3(O)C(=O)C(C(C)=O)=C(O)C(C(C)C)[C@@]3(C)C[C@H]1C2. The predicted molar refractivity (Wildman–Crippen MR) is 134 cm³/mol. The molecule has 10 nitrogen and oxygen atoms in total. The molecule has 0 radical (unpaired) electrons. The number of carbonyl (C=O) groups excluding carboxylic acids is 4. The minimum absolute atomic E-state index is 0.0249. The lowest BCUT2D eigenvalue weighted by Crippen LogP contribution is -2.66. The smallest absolute Gasteiger partial charge is 0.412 e. The molecule has 38 heavy (non-hydrogen) atoms. The maximum Gasteiger partial charge on any atom is 0.412 e. The fourth-order valence-corrected chi connectivity index (χ4v) is 6.56. The third-order valence-electron chi connectivity index (χ3n) is 8.04. The molecule has 1 aromatic carbocycles. The molecule has 3 aliphatic rings. The quantitative estimate of drug-likeness (QED) is 0.226. The summed E-state index contributed by atoms with van der Waals surface area (Å²) >= 11 is 0. The molecule has 5 N–H and O–H groups in total. The molecule has 0 bridgehead atoms. The molecule has 0 spiro atoms. The summed E-state index contributed by atoms with van der Waals surface area (Å²) in [4.78, 5) is 51.6. The number of phenolic OH excluding ortho intramolecular Hbond substituents is 1. The minimum Gasteiger partial charge on any atom is -0.511 e. The number of terminal acetylenes is 1. The van der Waals surface area contributed by atoms with E-state index in [4.69, 9.17) is 11.2 Å². The van der Waals surface area contributed by atoms with Crippen LogP contribution in [0.3, 0.4) is 0 Å². The standard InChI is InChI=1S/C28H29NO9/c1-6-9-38-26(36)29-16-8-7-14-10-15-11-27(5)20(12(2)3)23(33)17(13(4)30)24(34)28(27,37)25(35)19(15)22(32)18(14)21(16)31/h1,7-8,12,15,20,31,33,35,37H,9-11H2,2-5H3,(H,29,36)/t15-,20?,27-,28+/m1/s1. The number of benzene rings is 1. The number of aliphatic hydroxyl groups excluding tert-OH is 2. The van der Waals surface area contributed by atoms with Gasteiger partial charge in [-0.05, 0) is 43.2 Å². The van der Waals surface area contributed by atoms with E-state index < -0.39 is 69.1 Å². The maximum atomic E-state index is 13.7. The lowest BCUT2D eigenvalue weighted by molar-refractivity contribution is -0.167. The van der Waals surface area contributed by atoms with E-state index in [9.17, 15) is 39.6 Å². The van der Waals surface area contributed by atoms with E-state index in [-0.39, 0.29) is 42.2 Å². The van der Waals surface area contributed by atoms with Gasteiger partial charge < -0.3 is 25.2 Å². The van der Waals surface area contributed by atoms with Gasteiger partial charge in [-0.1, -0.05) is 32.8 Å². The second-order valence-electron chi connectivity index (χ2n) is 10.6. The van der Waals surface area contributed by atoms with Crippen LogP contribution < -0.4 is 5.32 Å². The van der Waals surface area contributed by atoms with Gasteiger partial charge in [0.1, 0.15) is 17.1 Å². The largest absolute Gasteiger partial charge is 0.511 e. The third kappa shape index (κ3) is 3.53. The summed E-state index contributed by atoms with van der Waals surface area (Å²) in [6, 6.07) is 2.93. The fraction of sp³-hybridized carbons (Fsp3) is 0.429. The molecule has 0 heterocycles. The minimum atomic E-state index is -2.67. The average molecular weight is 524 g/mol. The Morgan fingerprint density at radius 2 is 1.89 bits per heavy atom. The summed E-state index contributed by atoms with van der Waals surface area (Å²) < 4.78 is 4.73. The van der Waals surface area contributed by atoms with Crippen LogP contribution in [0.25, 0.3) is 0 Å². The fourth-order valence-electron chi connectivity index (χ4n) is 6.56. The van der Waals surface area contributed by atoms with Gasteiger partial charge in [0.2, 0.25) is 5.78 Å². The number of anilines is 1. The van der Waals surface area contributed by atoms with Crippen LogP contribution in [0, 0.1) is 35.5 Å². The zero-order valence-electron chi connectivity index (χ0n) is 21.4. The number of aliphatic hydroxyl groups is 3. The topological polar surface area (TPSA) is 170 Å². The van der Waals surface area contributed by atoms with E-state index in [1.165, 1.54) is 12.1 Å². The van der Waals surface area contributed by atoms with Crippen LogP contribution in [0.5, 0.6) is 5.75 Å². The van der Waals surface area contributed by atoms with Gasteiger partial charge in [-0.25, -0.2) is 4.79 Å². The number of aromatic hydroxyl groups is 1. The van der Waals surface area contributed by atoms with Crippen molar-refractivity contribution in [3.63, 3.8) is 0 Å². The number of ketones is 3. The summed E-state index contributed by atoms with van der Waals surface area (Å²) in [7, 11) is 0. The van der Waals surface area contributed by atoms with Gasteiger partial charge in [0.05, 0.1) is 11.3 Å². The predicted octanol–water partition coefficient (Wildman–Crippen LogP) is 3.14. The number of hydrogen-bond donors (Lipinski definition) is 5. The lowest BCUT2D eigenvalue weighted by atomic mass is 9.48. The molecule has 0 fully saturated rings. The van der Waals surface area contributed by atoms with Crippen LogP contribution in [0.15, 0.2) is 34.8 Å². The van der Waals surface area contributed by atoms with Crippen molar-refractivity contribution in [2.45, 2.75) is 46.1 Å². The van der Waals surface area contributed by atoms with Crippen molar-refractivity contribution in [2.24, 2.45) is 23.2 Å². The Kier molecular flexibility index (Phi) is 6.40. The molecule has 0 aliphatic heterocycles. The number of allylic oxidation sites excluding steroid dienone is 2. The van der Waals surface area contributed by atoms with Crippen molar-refractivity contribution in [2.75, 3.05) is 11.9 Å². The van der Waals surface area contributed by atoms with Gasteiger partial charge in [0.15, 0.2) is 29.5 Å². The Morgan fingerprint density at radius 3 is 2.47 bits per heavy atom. The molecule has 1 amide bonds. The first kappa shape index (κ1) is 26.9. The van der Waals surface area contributed by atoms with Crippen LogP contribution in [0.2, 0.25) is 0 Å². The van der Waals surface area contributed by atoms with Crippen molar-refractivity contribution in [3.05, 3.63) is 45.9 Å². The van der Waals surface area contributed by atoms with E-state index in [2.05, 4.69) is 11.2 Å². The molecule has 200 valence electrons. The Bertz CT molecular complexity index is 1400. The Morgan fingerprint density at radius 1 is 1.24 bits per heavy atom. The van der Waals surface area contributed by atoms with Gasteiger partial charge in [-0.3, -0.25) is 19.7 Å². The van der Waals surface area contributed by atoms with Crippen LogP contribution in [0.1, 0.15) is 50.0 Å². The van der Waals surface area contributed by atoms with Gasteiger partial charge >= 0.3 is 6.09 Å². The monoisotopic (exact) mass is 523 g/mol. The Labute approximate surface area is 219 Å². The van der Waals surface area contributed by atoms with Crippen LogP contribution in [-0.4, -0.2) is 56.1 Å². The normalized spacial score (nSPS) is 28.3. The molecule has 10 heteroatoms. The maximum absolute atomic E-state index is 13.7. The highest BCUT2D eigenvalue weighted by molar-refractivity contribution is 6.25. The van der Waals surface area contributed by atoms with E-state index in [1.807, 2.05) is 0 Å². The molecular formula is C28H29NO9. The molecular weight excluding hydrogens is 494 g/mol. The molecule has 0 saturated heterocycles. The molecule has 4 rings (SSSR count). The van der Waals surface area contributed by atoms with Gasteiger partial charge in [-0.15, -0.1) is 6.42 Å². The molecule has 1 unspecified atom stereocenters. The lowest BCUT2D eigenvalue weighted by Gasteiger charge is -2.56. The van der Waals surface area contributed by atoms with E-state index in [1.54, 1.807) is 20.8 Å². The van der Waals surface area contributed by atoms with Crippen molar-refractivity contribution in [1.82, 2.24) is 0 Å². The number of amides is 1. The molecule has 1 aromatic rings. The van der Waals surface area contributed by atoms with Crippen LogP contribution >= 0.6 is 0 Å². The van der Waals surface area contributed by atoms with Gasteiger partial charge in [-0.2, -0.15) is 0 Å². The molecule has 0 aromatic heterocycles. The van der Waals surface area contributed by atoms with Crippen molar-refractivity contribution < 1.29 is 44.3 Å². The number of carbonyl (C=O) groups is 4. The van der Waals surface area contributed by atoms with Crippen LogP contribution in [-0.2, 0) is 20.7 Å². The summed E-state index contributed by atoms with van der Waals surface area (Å²) in [6.45, 7) is 5.85. The zero-order chi connectivity index (χ0) is 28.3. The first-order valence-corrected chi connectivity index (χ1v) is 12.1. The number of rotatable bonds is 4. The number of phenols is 1. The van der Waals surface area contributed by atoms with E-state index in [0.717, 1.165) is 6.92 Å². The number of nitrogens with one attached hydrogen (secondary N) is 1. The average Bonchev–Trinajstić information content (AvgIpc) is 2.81. The first-order chi connectivity index (χ1) is 17.7. The number of fused-ring (bicyclic) bond motifs is 3. The summed E-state index contributed by atoms with van der Waals surface area (Å²) in [6.07, 6.45) is 4.29. The Hall–Kier alpha value is -4.10.